The summed E-state index contributed by atoms with van der Waals surface area (Å²) < 4.78 is 50.8. The first kappa shape index (κ1) is 17.7. The molecular weight excluding hydrogens is 316 g/mol. The second-order valence-corrected chi connectivity index (χ2v) is 7.99. The summed E-state index contributed by atoms with van der Waals surface area (Å²) >= 11 is 0. The Labute approximate surface area is 125 Å². The highest BCUT2D eigenvalue weighted by atomic mass is 32.2. The maximum atomic E-state index is 11.7. The average Bonchev–Trinajstić information content (AvgIpc) is 2.38. The van der Waals surface area contributed by atoms with Crippen LogP contribution in [0.2, 0.25) is 0 Å². The van der Waals surface area contributed by atoms with Gasteiger partial charge in [-0.25, -0.2) is 26.3 Å². The first-order valence-electron chi connectivity index (χ1n) is 6.26. The lowest BCUT2D eigenvalue weighted by atomic mass is 10.3. The summed E-state index contributed by atoms with van der Waals surface area (Å²) in [5, 5.41) is 2.88. The number of nitrogens with two attached hydrogens (primary N) is 1. The molecule has 5 N–H and O–H groups in total. The van der Waals surface area contributed by atoms with Crippen LogP contribution in [0.25, 0.3) is 0 Å². The third-order valence-electron chi connectivity index (χ3n) is 2.63. The number of nitrogens with one attached hydrogen (secondary N) is 3. The van der Waals surface area contributed by atoms with Gasteiger partial charge >= 0.3 is 0 Å². The Hall–Kier alpha value is -1.36. The second-order valence-electron chi connectivity index (χ2n) is 4.20. The first-order valence-corrected chi connectivity index (χ1v) is 9.39. The van der Waals surface area contributed by atoms with Crippen molar-refractivity contribution in [2.75, 3.05) is 36.9 Å². The molecule has 0 saturated heterocycles. The SMILES string of the molecule is CCNS(=O)(=O)CCNc1ccc(S(=O)(=O)NC)c(N)c1. The number of sulfonamides is 2. The largest absolute Gasteiger partial charge is 0.398 e. The third kappa shape index (κ3) is 5.16. The van der Waals surface area contributed by atoms with Crippen LogP contribution >= 0.6 is 0 Å². The highest BCUT2D eigenvalue weighted by Crippen LogP contribution is 2.22. The van der Waals surface area contributed by atoms with Gasteiger partial charge in [-0.2, -0.15) is 0 Å². The summed E-state index contributed by atoms with van der Waals surface area (Å²) in [5.41, 5.74) is 6.34. The lowest BCUT2D eigenvalue weighted by Gasteiger charge is -2.11. The summed E-state index contributed by atoms with van der Waals surface area (Å²) in [4.78, 5) is -0.0178. The van der Waals surface area contributed by atoms with Crippen molar-refractivity contribution in [2.45, 2.75) is 11.8 Å². The van der Waals surface area contributed by atoms with E-state index in [1.165, 1.54) is 25.2 Å². The predicted molar refractivity (Wildman–Crippen MR) is 83.1 cm³/mol. The van der Waals surface area contributed by atoms with E-state index in [-0.39, 0.29) is 22.9 Å². The maximum absolute atomic E-state index is 11.7. The van der Waals surface area contributed by atoms with Crippen molar-refractivity contribution < 1.29 is 16.8 Å². The van der Waals surface area contributed by atoms with Crippen molar-refractivity contribution in [1.82, 2.24) is 9.44 Å². The van der Waals surface area contributed by atoms with Gasteiger partial charge in [0.1, 0.15) is 4.90 Å². The Morgan fingerprint density at radius 1 is 1.19 bits per heavy atom. The van der Waals surface area contributed by atoms with Crippen molar-refractivity contribution >= 4 is 31.4 Å². The van der Waals surface area contributed by atoms with E-state index < -0.39 is 20.0 Å². The molecule has 0 heterocycles. The average molecular weight is 336 g/mol. The molecule has 0 fully saturated rings. The van der Waals surface area contributed by atoms with Gasteiger partial charge in [0.25, 0.3) is 0 Å². The molecule has 1 aromatic carbocycles. The van der Waals surface area contributed by atoms with Crippen LogP contribution in [0.15, 0.2) is 23.1 Å². The van der Waals surface area contributed by atoms with E-state index in [4.69, 9.17) is 5.73 Å². The Bertz CT molecular complexity index is 686. The molecule has 0 radical (unpaired) electrons. The molecule has 10 heteroatoms. The summed E-state index contributed by atoms with van der Waals surface area (Å²) in [6.45, 7) is 2.23. The summed E-state index contributed by atoms with van der Waals surface area (Å²) in [7, 11) is -5.60. The smallest absolute Gasteiger partial charge is 0.242 e. The minimum Gasteiger partial charge on any atom is -0.398 e. The van der Waals surface area contributed by atoms with Crippen LogP contribution in [0.1, 0.15) is 6.92 Å². The second kappa shape index (κ2) is 7.07. The molecule has 0 aliphatic rings. The fourth-order valence-corrected chi connectivity index (χ4v) is 3.43. The van der Waals surface area contributed by atoms with Gasteiger partial charge in [0.15, 0.2) is 0 Å². The zero-order valence-electron chi connectivity index (χ0n) is 11.9. The molecule has 0 saturated carbocycles. The molecule has 0 aliphatic carbocycles. The zero-order chi connectivity index (χ0) is 16.1. The fourth-order valence-electron chi connectivity index (χ4n) is 1.63. The molecule has 1 rings (SSSR count). The topological polar surface area (TPSA) is 130 Å². The van der Waals surface area contributed by atoms with Crippen LogP contribution in [0.3, 0.4) is 0 Å². The van der Waals surface area contributed by atoms with Gasteiger partial charge in [-0.3, -0.25) is 0 Å². The highest BCUT2D eigenvalue weighted by molar-refractivity contribution is 7.89. The third-order valence-corrected chi connectivity index (χ3v) is 5.59. The molecule has 0 unspecified atom stereocenters. The van der Waals surface area contributed by atoms with E-state index >= 15 is 0 Å². The predicted octanol–water partition coefficient (Wildman–Crippen LogP) is -0.472. The molecule has 0 aliphatic heterocycles. The minimum absolute atomic E-state index is 0.0178. The van der Waals surface area contributed by atoms with Crippen LogP contribution < -0.4 is 20.5 Å². The monoisotopic (exact) mass is 336 g/mol. The molecule has 0 atom stereocenters. The molecule has 0 aromatic heterocycles. The lowest BCUT2D eigenvalue weighted by Crippen LogP contribution is -2.29. The number of rotatable bonds is 8. The van der Waals surface area contributed by atoms with Crippen molar-refractivity contribution in [3.63, 3.8) is 0 Å². The van der Waals surface area contributed by atoms with Gasteiger partial charge < -0.3 is 11.1 Å². The van der Waals surface area contributed by atoms with Crippen molar-refractivity contribution in [1.29, 1.82) is 0 Å². The Morgan fingerprint density at radius 2 is 1.86 bits per heavy atom. The number of benzene rings is 1. The van der Waals surface area contributed by atoms with Gasteiger partial charge in [0.05, 0.1) is 11.4 Å². The normalized spacial score (nSPS) is 12.3. The minimum atomic E-state index is -3.61. The summed E-state index contributed by atoms with van der Waals surface area (Å²) in [6.07, 6.45) is 0. The lowest BCUT2D eigenvalue weighted by molar-refractivity contribution is 0.584. The van der Waals surface area contributed by atoms with E-state index in [1.807, 2.05) is 0 Å². The number of hydrogen-bond donors (Lipinski definition) is 4. The van der Waals surface area contributed by atoms with Crippen LogP contribution in [-0.2, 0) is 20.0 Å². The van der Waals surface area contributed by atoms with Crippen molar-refractivity contribution in [2.24, 2.45) is 0 Å². The van der Waals surface area contributed by atoms with E-state index in [9.17, 15) is 16.8 Å². The number of nitrogen functional groups attached to an aromatic ring is 1. The quantitative estimate of drug-likeness (QED) is 0.475. The standard InChI is InChI=1S/C11H20N4O4S2/c1-3-15-20(16,17)7-6-14-9-4-5-11(10(12)8-9)21(18,19)13-2/h4-5,8,13-15H,3,6-7,12H2,1-2H3. The van der Waals surface area contributed by atoms with Gasteiger partial charge in [0.2, 0.25) is 20.0 Å². The molecule has 0 bridgehead atoms. The van der Waals surface area contributed by atoms with Gasteiger partial charge in [0, 0.05) is 18.8 Å². The van der Waals surface area contributed by atoms with Crippen LogP contribution in [0.4, 0.5) is 11.4 Å². The van der Waals surface area contributed by atoms with Crippen LogP contribution in [-0.4, -0.2) is 42.7 Å². The van der Waals surface area contributed by atoms with E-state index in [0.717, 1.165) is 0 Å². The molecule has 120 valence electrons. The van der Waals surface area contributed by atoms with E-state index in [1.54, 1.807) is 6.92 Å². The van der Waals surface area contributed by atoms with E-state index in [2.05, 4.69) is 14.8 Å². The zero-order valence-corrected chi connectivity index (χ0v) is 13.5. The Morgan fingerprint density at radius 3 is 2.38 bits per heavy atom. The van der Waals surface area contributed by atoms with Crippen molar-refractivity contribution in [3.05, 3.63) is 18.2 Å². The number of hydrogen-bond acceptors (Lipinski definition) is 6. The van der Waals surface area contributed by atoms with E-state index in [0.29, 0.717) is 12.2 Å². The van der Waals surface area contributed by atoms with Crippen LogP contribution in [0.5, 0.6) is 0 Å². The Balaban J connectivity index is 2.74. The van der Waals surface area contributed by atoms with Gasteiger partial charge in [-0.1, -0.05) is 6.92 Å². The Kier molecular flexibility index (Phi) is 5.96. The highest BCUT2D eigenvalue weighted by Gasteiger charge is 2.15. The summed E-state index contributed by atoms with van der Waals surface area (Å²) in [6, 6.07) is 4.34. The fraction of sp³-hybridized carbons (Fsp3) is 0.455. The molecule has 1 aromatic rings. The number of anilines is 2. The maximum Gasteiger partial charge on any atom is 0.242 e. The van der Waals surface area contributed by atoms with Gasteiger partial charge in [-0.05, 0) is 25.2 Å². The molecule has 21 heavy (non-hydrogen) atoms. The molecule has 0 spiro atoms. The summed E-state index contributed by atoms with van der Waals surface area (Å²) in [5.74, 6) is -0.0860. The molecular formula is C11H20N4O4S2. The molecule has 8 nitrogen and oxygen atoms in total. The molecule has 0 amide bonds. The van der Waals surface area contributed by atoms with Crippen LogP contribution in [0, 0.1) is 0 Å². The first-order chi connectivity index (χ1) is 9.72. The van der Waals surface area contributed by atoms with Gasteiger partial charge in [-0.15, -0.1) is 0 Å². The van der Waals surface area contributed by atoms with Crippen molar-refractivity contribution in [3.8, 4) is 0 Å².